The standard InChI is InChI=1S/C21H25N5O7S2/c1-6-10-7-34-17-13(24-15(27)12(25-31-5)11-8-35-20(22)23-11)16(28)26(17)14(10)18(29)32-9-33-19(30)21(2,3)4/h6,8,13,17H,1,7,9H2,2-5H3,(H2,22,23)(H,24,27)/t13?,17-/m0/s1. The van der Waals surface area contributed by atoms with E-state index in [9.17, 15) is 19.2 Å². The summed E-state index contributed by atoms with van der Waals surface area (Å²) in [7, 11) is 1.27. The van der Waals surface area contributed by atoms with Crippen LogP contribution in [-0.4, -0.2) is 70.4 Å². The van der Waals surface area contributed by atoms with Gasteiger partial charge in [-0.25, -0.2) is 9.78 Å². The first-order valence-electron chi connectivity index (χ1n) is 10.3. The molecule has 0 aromatic carbocycles. The number of thiazole rings is 1. The van der Waals surface area contributed by atoms with Crippen molar-refractivity contribution in [2.24, 2.45) is 10.6 Å². The number of hydrogen-bond donors (Lipinski definition) is 2. The zero-order chi connectivity index (χ0) is 25.9. The minimum Gasteiger partial charge on any atom is -0.427 e. The largest absolute Gasteiger partial charge is 0.427 e. The van der Waals surface area contributed by atoms with Gasteiger partial charge in [-0.3, -0.25) is 19.3 Å². The molecule has 3 heterocycles. The highest BCUT2D eigenvalue weighted by molar-refractivity contribution is 8.00. The molecule has 12 nitrogen and oxygen atoms in total. The molecule has 2 aliphatic heterocycles. The number of nitrogens with zero attached hydrogens (tertiary/aromatic N) is 3. The number of allylic oxidation sites excluding steroid dienone is 1. The molecule has 0 bridgehead atoms. The van der Waals surface area contributed by atoms with Crippen LogP contribution >= 0.6 is 23.1 Å². The lowest BCUT2D eigenvalue weighted by molar-refractivity contribution is -0.173. The monoisotopic (exact) mass is 523 g/mol. The molecule has 2 amide bonds. The first-order chi connectivity index (χ1) is 16.5. The van der Waals surface area contributed by atoms with E-state index in [4.69, 9.17) is 20.0 Å². The maximum atomic E-state index is 13.0. The summed E-state index contributed by atoms with van der Waals surface area (Å²) < 4.78 is 10.1. The number of nitrogens with one attached hydrogen (secondary N) is 1. The minimum atomic E-state index is -0.932. The third kappa shape index (κ3) is 5.48. The van der Waals surface area contributed by atoms with Crippen molar-refractivity contribution in [3.8, 4) is 0 Å². The van der Waals surface area contributed by atoms with E-state index in [-0.39, 0.29) is 22.2 Å². The second-order valence-corrected chi connectivity index (χ2v) is 10.4. The second-order valence-electron chi connectivity index (χ2n) is 8.36. The Hall–Kier alpha value is -3.39. The number of ether oxygens (including phenoxy) is 2. The van der Waals surface area contributed by atoms with Gasteiger partial charge in [-0.1, -0.05) is 17.8 Å². The highest BCUT2D eigenvalue weighted by Crippen LogP contribution is 2.41. The van der Waals surface area contributed by atoms with Crippen LogP contribution in [0.25, 0.3) is 0 Å². The van der Waals surface area contributed by atoms with Crippen molar-refractivity contribution in [2.45, 2.75) is 32.2 Å². The number of β-lactam (4-membered cyclic amide) rings is 1. The first-order valence-corrected chi connectivity index (χ1v) is 12.2. The van der Waals surface area contributed by atoms with Crippen molar-refractivity contribution in [3.63, 3.8) is 0 Å². The van der Waals surface area contributed by atoms with Gasteiger partial charge < -0.3 is 25.4 Å². The molecule has 2 aliphatic rings. The van der Waals surface area contributed by atoms with Crippen molar-refractivity contribution >= 4 is 57.7 Å². The van der Waals surface area contributed by atoms with Gasteiger partial charge in [-0.15, -0.1) is 23.1 Å². The van der Waals surface area contributed by atoms with Crippen molar-refractivity contribution in [1.29, 1.82) is 0 Å². The number of carbonyl (C=O) groups is 4. The van der Waals surface area contributed by atoms with Gasteiger partial charge in [-0.2, -0.15) is 0 Å². The normalized spacial score (nSPS) is 19.9. The molecule has 0 spiro atoms. The molecule has 0 saturated carbocycles. The van der Waals surface area contributed by atoms with Crippen molar-refractivity contribution < 1.29 is 33.5 Å². The number of carbonyl (C=O) groups excluding carboxylic acids is 4. The van der Waals surface area contributed by atoms with Gasteiger partial charge in [0.25, 0.3) is 11.8 Å². The fourth-order valence-electron chi connectivity index (χ4n) is 3.11. The fraction of sp³-hybridized carbons (Fsp3) is 0.429. The molecule has 1 unspecified atom stereocenters. The Kier molecular flexibility index (Phi) is 7.85. The third-order valence-corrected chi connectivity index (χ3v) is 6.85. The summed E-state index contributed by atoms with van der Waals surface area (Å²) in [5, 5.41) is 7.53. The summed E-state index contributed by atoms with van der Waals surface area (Å²) in [4.78, 5) is 60.5. The van der Waals surface area contributed by atoms with E-state index in [1.807, 2.05) is 0 Å². The van der Waals surface area contributed by atoms with Crippen LogP contribution in [0, 0.1) is 5.41 Å². The van der Waals surface area contributed by atoms with Crippen LogP contribution in [0.15, 0.2) is 34.5 Å². The SMILES string of the molecule is C=CC1=C(C(=O)OCOC(=O)C(C)(C)C)N2C(=O)C(NC(=O)C(=NOC)c3csc(N)n3)[C@@H]2SC1. The molecule has 3 N–H and O–H groups in total. The Morgan fingerprint density at radius 3 is 2.66 bits per heavy atom. The van der Waals surface area contributed by atoms with E-state index < -0.39 is 47.4 Å². The lowest BCUT2D eigenvalue weighted by atomic mass is 9.98. The molecule has 1 fully saturated rings. The summed E-state index contributed by atoms with van der Waals surface area (Å²) in [6.45, 7) is 8.09. The molecular formula is C21H25N5O7S2. The Bertz CT molecular complexity index is 1120. The summed E-state index contributed by atoms with van der Waals surface area (Å²) in [5.41, 5.74) is 5.40. The van der Waals surface area contributed by atoms with E-state index in [1.165, 1.54) is 35.2 Å². The van der Waals surface area contributed by atoms with Crippen LogP contribution in [0.3, 0.4) is 0 Å². The average Bonchev–Trinajstić information content (AvgIpc) is 3.24. The maximum absolute atomic E-state index is 13.0. The molecule has 1 aromatic rings. The van der Waals surface area contributed by atoms with E-state index in [0.29, 0.717) is 11.3 Å². The quantitative estimate of drug-likeness (QED) is 0.165. The van der Waals surface area contributed by atoms with Crippen LogP contribution in [0.5, 0.6) is 0 Å². The van der Waals surface area contributed by atoms with Crippen molar-refractivity contribution in [3.05, 3.63) is 35.0 Å². The first kappa shape index (κ1) is 26.2. The number of oxime groups is 1. The van der Waals surface area contributed by atoms with Crippen LogP contribution in [0.4, 0.5) is 5.13 Å². The lowest BCUT2D eigenvalue weighted by Gasteiger charge is -2.49. The van der Waals surface area contributed by atoms with Crippen LogP contribution in [0.2, 0.25) is 0 Å². The lowest BCUT2D eigenvalue weighted by Crippen LogP contribution is -2.71. The number of nitrogen functional groups attached to an aromatic ring is 1. The van der Waals surface area contributed by atoms with Crippen molar-refractivity contribution in [1.82, 2.24) is 15.2 Å². The summed E-state index contributed by atoms with van der Waals surface area (Å²) in [5.74, 6) is -2.25. The number of thioether (sulfide) groups is 1. The molecule has 14 heteroatoms. The number of nitrogens with two attached hydrogens (primary N) is 1. The zero-order valence-corrected chi connectivity index (χ0v) is 21.2. The second kappa shape index (κ2) is 10.5. The highest BCUT2D eigenvalue weighted by atomic mass is 32.2. The van der Waals surface area contributed by atoms with Crippen LogP contribution < -0.4 is 11.1 Å². The zero-order valence-electron chi connectivity index (χ0n) is 19.5. The number of amides is 2. The molecule has 1 saturated heterocycles. The number of anilines is 1. The number of fused-ring (bicyclic) bond motifs is 1. The van der Waals surface area contributed by atoms with Gasteiger partial charge in [-0.05, 0) is 26.3 Å². The summed E-state index contributed by atoms with van der Waals surface area (Å²) >= 11 is 2.46. The van der Waals surface area contributed by atoms with Gasteiger partial charge in [0.2, 0.25) is 6.79 Å². The Morgan fingerprint density at radius 2 is 2.09 bits per heavy atom. The number of aromatic nitrogens is 1. The molecule has 3 rings (SSSR count). The van der Waals surface area contributed by atoms with E-state index in [2.05, 4.69) is 22.0 Å². The fourth-order valence-corrected chi connectivity index (χ4v) is 5.00. The van der Waals surface area contributed by atoms with Crippen LogP contribution in [-0.2, 0) is 33.5 Å². The molecule has 0 radical (unpaired) electrons. The van der Waals surface area contributed by atoms with Gasteiger partial charge in [0, 0.05) is 11.1 Å². The molecule has 0 aliphatic carbocycles. The number of hydrogen-bond acceptors (Lipinski definition) is 12. The highest BCUT2D eigenvalue weighted by Gasteiger charge is 2.54. The number of esters is 2. The topological polar surface area (TPSA) is 163 Å². The molecule has 188 valence electrons. The van der Waals surface area contributed by atoms with E-state index >= 15 is 0 Å². The summed E-state index contributed by atoms with van der Waals surface area (Å²) in [6, 6.07) is -0.932. The Morgan fingerprint density at radius 1 is 1.37 bits per heavy atom. The van der Waals surface area contributed by atoms with Gasteiger partial charge in [0.15, 0.2) is 10.8 Å². The van der Waals surface area contributed by atoms with Gasteiger partial charge >= 0.3 is 11.9 Å². The van der Waals surface area contributed by atoms with Crippen LogP contribution in [0.1, 0.15) is 26.5 Å². The predicted molar refractivity (Wildman–Crippen MR) is 129 cm³/mol. The Balaban J connectivity index is 1.71. The smallest absolute Gasteiger partial charge is 0.358 e. The summed E-state index contributed by atoms with van der Waals surface area (Å²) in [6.07, 6.45) is 1.45. The molecule has 1 aromatic heterocycles. The number of rotatable bonds is 8. The third-order valence-electron chi connectivity index (χ3n) is 4.88. The predicted octanol–water partition coefficient (Wildman–Crippen LogP) is 1.01. The molecule has 35 heavy (non-hydrogen) atoms. The minimum absolute atomic E-state index is 0.0101. The van der Waals surface area contributed by atoms with Gasteiger partial charge in [0.1, 0.15) is 29.9 Å². The van der Waals surface area contributed by atoms with Crippen molar-refractivity contribution in [2.75, 3.05) is 25.4 Å². The van der Waals surface area contributed by atoms with Gasteiger partial charge in [0.05, 0.1) is 5.41 Å². The Labute approximate surface area is 209 Å². The molecular weight excluding hydrogens is 498 g/mol. The average molecular weight is 524 g/mol. The van der Waals surface area contributed by atoms with E-state index in [0.717, 1.165) is 11.3 Å². The van der Waals surface area contributed by atoms with E-state index in [1.54, 1.807) is 20.8 Å². The molecule has 2 atom stereocenters. The maximum Gasteiger partial charge on any atom is 0.358 e.